The first-order chi connectivity index (χ1) is 8.22. The Kier molecular flexibility index (Phi) is 3.17. The van der Waals surface area contributed by atoms with Crippen LogP contribution in [0.5, 0.6) is 0 Å². The topological polar surface area (TPSA) is 84.4 Å². The highest BCUT2D eigenvalue weighted by Gasteiger charge is 2.38. The molecule has 1 saturated heterocycles. The van der Waals surface area contributed by atoms with E-state index in [9.17, 15) is 9.59 Å². The second-order valence-corrected chi connectivity index (χ2v) is 3.43. The van der Waals surface area contributed by atoms with Crippen LogP contribution in [0, 0.1) is 0 Å². The third-order valence-electron chi connectivity index (χ3n) is 2.26. The van der Waals surface area contributed by atoms with Crippen LogP contribution < -0.4 is 10.4 Å². The molecule has 1 unspecified atom stereocenters. The van der Waals surface area contributed by atoms with Crippen molar-refractivity contribution in [2.24, 2.45) is 0 Å². The van der Waals surface area contributed by atoms with Gasteiger partial charge in [-0.05, 0) is 13.0 Å². The van der Waals surface area contributed by atoms with Crippen molar-refractivity contribution in [1.82, 2.24) is 15.4 Å². The molecule has 7 nitrogen and oxygen atoms in total. The van der Waals surface area contributed by atoms with E-state index in [0.717, 1.165) is 0 Å². The number of anilines is 1. The molecule has 0 spiro atoms. The molecule has 90 valence electrons. The van der Waals surface area contributed by atoms with Gasteiger partial charge in [-0.1, -0.05) is 0 Å². The summed E-state index contributed by atoms with van der Waals surface area (Å²) >= 11 is 0. The number of carbonyl (C=O) groups excluding carboxylic acids is 2. The second-order valence-electron chi connectivity index (χ2n) is 3.43. The van der Waals surface area contributed by atoms with E-state index < -0.39 is 12.0 Å². The van der Waals surface area contributed by atoms with E-state index in [0.29, 0.717) is 0 Å². The molecule has 2 rings (SSSR count). The van der Waals surface area contributed by atoms with Gasteiger partial charge in [-0.15, -0.1) is 0 Å². The molecule has 17 heavy (non-hydrogen) atoms. The molecule has 0 aromatic carbocycles. The van der Waals surface area contributed by atoms with E-state index in [1.807, 2.05) is 0 Å². The quantitative estimate of drug-likeness (QED) is 0.722. The van der Waals surface area contributed by atoms with Crippen LogP contribution in [0.4, 0.5) is 5.95 Å². The molecule has 7 heteroatoms. The van der Waals surface area contributed by atoms with Gasteiger partial charge in [0.05, 0.1) is 13.0 Å². The molecule has 0 aliphatic carbocycles. The van der Waals surface area contributed by atoms with Gasteiger partial charge in [-0.3, -0.25) is 10.2 Å². The highest BCUT2D eigenvalue weighted by molar-refractivity contribution is 5.92. The van der Waals surface area contributed by atoms with Crippen molar-refractivity contribution >= 4 is 17.8 Å². The van der Waals surface area contributed by atoms with Gasteiger partial charge in [-0.25, -0.2) is 19.8 Å². The van der Waals surface area contributed by atoms with Gasteiger partial charge in [0.2, 0.25) is 11.9 Å². The number of nitrogens with zero attached hydrogens (tertiary/aromatic N) is 3. The van der Waals surface area contributed by atoms with E-state index in [1.54, 1.807) is 13.0 Å². The van der Waals surface area contributed by atoms with Gasteiger partial charge in [0, 0.05) is 12.4 Å². The van der Waals surface area contributed by atoms with Gasteiger partial charge >= 0.3 is 5.97 Å². The Morgan fingerprint density at radius 2 is 2.29 bits per heavy atom. The summed E-state index contributed by atoms with van der Waals surface area (Å²) in [6.45, 7) is 1.98. The van der Waals surface area contributed by atoms with E-state index in [2.05, 4.69) is 15.4 Å². The third-order valence-corrected chi connectivity index (χ3v) is 2.26. The standard InChI is InChI=1S/C10H12N4O3/c1-2-17-9(16)7-6-8(15)13-14(7)10-11-4-3-5-12-10/h3-5,7H,2,6H2,1H3,(H,13,15). The first-order valence-corrected chi connectivity index (χ1v) is 5.24. The lowest BCUT2D eigenvalue weighted by Crippen LogP contribution is -2.44. The van der Waals surface area contributed by atoms with Crippen molar-refractivity contribution in [1.29, 1.82) is 0 Å². The zero-order chi connectivity index (χ0) is 12.3. The number of nitrogens with one attached hydrogen (secondary N) is 1. The molecule has 1 aliphatic heterocycles. The van der Waals surface area contributed by atoms with Crippen LogP contribution in [0.25, 0.3) is 0 Å². The number of amides is 1. The summed E-state index contributed by atoms with van der Waals surface area (Å²) in [6.07, 6.45) is 3.13. The molecular weight excluding hydrogens is 224 g/mol. The Hall–Kier alpha value is -2.18. The summed E-state index contributed by atoms with van der Waals surface area (Å²) < 4.78 is 4.90. The fourth-order valence-electron chi connectivity index (χ4n) is 1.56. The SMILES string of the molecule is CCOC(=O)C1CC(=O)NN1c1ncccn1. The fraction of sp³-hybridized carbons (Fsp3) is 0.400. The number of rotatable bonds is 3. The normalized spacial score (nSPS) is 19.0. The predicted molar refractivity (Wildman–Crippen MR) is 57.7 cm³/mol. The van der Waals surface area contributed by atoms with E-state index in [-0.39, 0.29) is 24.9 Å². The highest BCUT2D eigenvalue weighted by atomic mass is 16.5. The summed E-state index contributed by atoms with van der Waals surface area (Å²) in [5.41, 5.74) is 2.53. The van der Waals surface area contributed by atoms with Crippen LogP contribution >= 0.6 is 0 Å². The number of hydrogen-bond donors (Lipinski definition) is 1. The number of hydrazine groups is 1. The number of aromatic nitrogens is 2. The van der Waals surface area contributed by atoms with Crippen LogP contribution in [-0.2, 0) is 14.3 Å². The predicted octanol–water partition coefficient (Wildman–Crippen LogP) is -0.350. The molecular formula is C10H12N4O3. The lowest BCUT2D eigenvalue weighted by molar-refractivity contribution is -0.145. The van der Waals surface area contributed by atoms with Gasteiger partial charge < -0.3 is 4.74 Å². The maximum Gasteiger partial charge on any atom is 0.331 e. The minimum Gasteiger partial charge on any atom is -0.464 e. The number of esters is 1. The molecule has 1 aromatic rings. The fourth-order valence-corrected chi connectivity index (χ4v) is 1.56. The van der Waals surface area contributed by atoms with E-state index in [4.69, 9.17) is 4.74 Å². The van der Waals surface area contributed by atoms with Gasteiger partial charge in [0.1, 0.15) is 0 Å². The van der Waals surface area contributed by atoms with Crippen molar-refractivity contribution in [2.75, 3.05) is 11.6 Å². The van der Waals surface area contributed by atoms with Crippen molar-refractivity contribution in [3.63, 3.8) is 0 Å². The Bertz CT molecular complexity index is 423. The molecule has 0 radical (unpaired) electrons. The number of carbonyl (C=O) groups is 2. The van der Waals surface area contributed by atoms with E-state index >= 15 is 0 Å². The van der Waals surface area contributed by atoms with Crippen LogP contribution in [0.2, 0.25) is 0 Å². The molecule has 1 atom stereocenters. The Morgan fingerprint density at radius 1 is 1.59 bits per heavy atom. The summed E-state index contributed by atoms with van der Waals surface area (Å²) in [5, 5.41) is 1.33. The summed E-state index contributed by atoms with van der Waals surface area (Å²) in [6, 6.07) is 0.950. The minimum atomic E-state index is -0.704. The zero-order valence-corrected chi connectivity index (χ0v) is 9.29. The third kappa shape index (κ3) is 2.32. The van der Waals surface area contributed by atoms with E-state index in [1.165, 1.54) is 17.4 Å². The van der Waals surface area contributed by atoms with Gasteiger partial charge in [-0.2, -0.15) is 0 Å². The molecule has 1 aromatic heterocycles. The molecule has 2 heterocycles. The smallest absolute Gasteiger partial charge is 0.331 e. The first-order valence-electron chi connectivity index (χ1n) is 5.24. The second kappa shape index (κ2) is 4.77. The van der Waals surface area contributed by atoms with Crippen molar-refractivity contribution < 1.29 is 14.3 Å². The maximum atomic E-state index is 11.7. The molecule has 1 N–H and O–H groups in total. The van der Waals surface area contributed by atoms with Gasteiger partial charge in [0.25, 0.3) is 0 Å². The van der Waals surface area contributed by atoms with Crippen molar-refractivity contribution in [2.45, 2.75) is 19.4 Å². The molecule has 1 aliphatic rings. The van der Waals surface area contributed by atoms with Crippen molar-refractivity contribution in [3.05, 3.63) is 18.5 Å². The largest absolute Gasteiger partial charge is 0.464 e. The van der Waals surface area contributed by atoms with Crippen molar-refractivity contribution in [3.8, 4) is 0 Å². The lowest BCUT2D eigenvalue weighted by atomic mass is 10.2. The monoisotopic (exact) mass is 236 g/mol. The van der Waals surface area contributed by atoms with Crippen LogP contribution in [-0.4, -0.2) is 34.5 Å². The molecule has 1 amide bonds. The number of hydrogen-bond acceptors (Lipinski definition) is 6. The Balaban J connectivity index is 2.20. The average Bonchev–Trinajstić information content (AvgIpc) is 2.73. The Labute approximate surface area is 97.8 Å². The van der Waals surface area contributed by atoms with Crippen LogP contribution in [0.1, 0.15) is 13.3 Å². The summed E-state index contributed by atoms with van der Waals surface area (Å²) in [4.78, 5) is 31.0. The number of ether oxygens (including phenoxy) is 1. The molecule has 0 saturated carbocycles. The summed E-state index contributed by atoms with van der Waals surface area (Å²) in [7, 11) is 0. The molecule has 1 fully saturated rings. The summed E-state index contributed by atoms with van der Waals surface area (Å²) in [5.74, 6) is -0.440. The van der Waals surface area contributed by atoms with Crippen LogP contribution in [0.3, 0.4) is 0 Å². The zero-order valence-electron chi connectivity index (χ0n) is 9.29. The first kappa shape index (κ1) is 11.3. The Morgan fingerprint density at radius 3 is 2.94 bits per heavy atom. The maximum absolute atomic E-state index is 11.7. The average molecular weight is 236 g/mol. The lowest BCUT2D eigenvalue weighted by Gasteiger charge is -2.21. The minimum absolute atomic E-state index is 0.0527. The van der Waals surface area contributed by atoms with Crippen LogP contribution in [0.15, 0.2) is 18.5 Å². The molecule has 0 bridgehead atoms. The highest BCUT2D eigenvalue weighted by Crippen LogP contribution is 2.17. The van der Waals surface area contributed by atoms with Gasteiger partial charge in [0.15, 0.2) is 6.04 Å².